The van der Waals surface area contributed by atoms with Crippen molar-refractivity contribution in [3.63, 3.8) is 0 Å². The van der Waals surface area contributed by atoms with Gasteiger partial charge in [-0.1, -0.05) is 27.7 Å². The number of nitrogens with one attached hydrogen (secondary N) is 1. The molecule has 0 bridgehead atoms. The molecule has 5 nitrogen and oxygen atoms in total. The summed E-state index contributed by atoms with van der Waals surface area (Å²) in [5, 5.41) is 3.41. The van der Waals surface area contributed by atoms with Crippen LogP contribution in [0.5, 0.6) is 0 Å². The second-order valence-electron chi connectivity index (χ2n) is 7.73. The van der Waals surface area contributed by atoms with Crippen LogP contribution in [-0.2, 0) is 4.79 Å². The zero-order chi connectivity index (χ0) is 16.4. The van der Waals surface area contributed by atoms with Gasteiger partial charge in [0.05, 0.1) is 0 Å². The van der Waals surface area contributed by atoms with Gasteiger partial charge in [-0.3, -0.25) is 4.79 Å². The topological polar surface area (TPSA) is 47.9 Å². The molecule has 1 amide bonds. The minimum absolute atomic E-state index is 0.0245. The summed E-state index contributed by atoms with van der Waals surface area (Å²) in [5.41, 5.74) is 0.288. The smallest absolute Gasteiger partial charge is 0.243 e. The van der Waals surface area contributed by atoms with Gasteiger partial charge in [-0.15, -0.1) is 0 Å². The number of likely N-dealkylation sites (N-methyl/N-ethyl adjacent to an activating group) is 1. The highest BCUT2D eigenvalue weighted by Gasteiger charge is 2.53. The summed E-state index contributed by atoms with van der Waals surface area (Å²) in [4.78, 5) is 20.2. The van der Waals surface area contributed by atoms with Crippen LogP contribution < -0.4 is 5.32 Å². The van der Waals surface area contributed by atoms with Gasteiger partial charge in [-0.25, -0.2) is 4.99 Å². The molecule has 5 heteroatoms. The Morgan fingerprint density at radius 2 is 1.86 bits per heavy atom. The van der Waals surface area contributed by atoms with Gasteiger partial charge in [0.15, 0.2) is 5.96 Å². The van der Waals surface area contributed by atoms with Crippen molar-refractivity contribution in [1.29, 1.82) is 0 Å². The molecule has 1 N–H and O–H groups in total. The van der Waals surface area contributed by atoms with E-state index in [4.69, 9.17) is 0 Å². The van der Waals surface area contributed by atoms with Crippen LogP contribution in [0.4, 0.5) is 0 Å². The minimum atomic E-state index is 0.0245. The van der Waals surface area contributed by atoms with Crippen LogP contribution in [0, 0.1) is 11.3 Å². The van der Waals surface area contributed by atoms with Gasteiger partial charge >= 0.3 is 0 Å². The summed E-state index contributed by atoms with van der Waals surface area (Å²) in [7, 11) is 3.52. The van der Waals surface area contributed by atoms with E-state index < -0.39 is 0 Å². The van der Waals surface area contributed by atoms with Crippen molar-refractivity contribution >= 4 is 11.9 Å². The Kier molecular flexibility index (Phi) is 5.29. The highest BCUT2D eigenvalue weighted by molar-refractivity contribution is 5.86. The fourth-order valence-electron chi connectivity index (χ4n) is 2.22. The van der Waals surface area contributed by atoms with Gasteiger partial charge in [-0.2, -0.15) is 0 Å². The standard InChI is InChI=1S/C16H32N4O/c1-12(2)9-17-14(18-10-13(21)19(7)8)20-11-15(3,4)16(20,5)6/h12H,9-11H2,1-8H3,(H,17,18). The average Bonchev–Trinajstić information content (AvgIpc) is 2.36. The van der Waals surface area contributed by atoms with E-state index in [2.05, 4.69) is 56.8 Å². The molecule has 1 rings (SSSR count). The molecule has 0 saturated carbocycles. The van der Waals surface area contributed by atoms with E-state index >= 15 is 0 Å². The van der Waals surface area contributed by atoms with Gasteiger partial charge in [-0.05, 0) is 19.8 Å². The number of amides is 1. The molecule has 0 spiro atoms. The van der Waals surface area contributed by atoms with Crippen molar-refractivity contribution in [3.8, 4) is 0 Å². The van der Waals surface area contributed by atoms with Crippen molar-refractivity contribution in [2.45, 2.75) is 47.1 Å². The van der Waals surface area contributed by atoms with Crippen LogP contribution >= 0.6 is 0 Å². The zero-order valence-electron chi connectivity index (χ0n) is 14.9. The molecule has 0 atom stereocenters. The first-order valence-electron chi connectivity index (χ1n) is 7.75. The number of nitrogens with zero attached hydrogens (tertiary/aromatic N) is 3. The number of hydrogen-bond acceptors (Lipinski definition) is 2. The van der Waals surface area contributed by atoms with E-state index in [1.807, 2.05) is 0 Å². The van der Waals surface area contributed by atoms with Crippen LogP contribution in [0.1, 0.15) is 41.5 Å². The maximum absolute atomic E-state index is 11.8. The molecule has 1 aliphatic heterocycles. The molecule has 0 aromatic carbocycles. The Morgan fingerprint density at radius 3 is 2.24 bits per heavy atom. The lowest BCUT2D eigenvalue weighted by atomic mass is 9.65. The van der Waals surface area contributed by atoms with Crippen LogP contribution in [0.3, 0.4) is 0 Å². The first-order chi connectivity index (χ1) is 9.49. The van der Waals surface area contributed by atoms with Gasteiger partial charge in [0.2, 0.25) is 5.91 Å². The number of carbonyl (C=O) groups is 1. The monoisotopic (exact) mass is 296 g/mol. The van der Waals surface area contributed by atoms with E-state index in [9.17, 15) is 4.79 Å². The van der Waals surface area contributed by atoms with Crippen molar-refractivity contribution in [3.05, 3.63) is 0 Å². The van der Waals surface area contributed by atoms with Crippen LogP contribution in [0.25, 0.3) is 0 Å². The van der Waals surface area contributed by atoms with E-state index in [0.29, 0.717) is 5.92 Å². The minimum Gasteiger partial charge on any atom is -0.356 e. The van der Waals surface area contributed by atoms with Gasteiger partial charge in [0.1, 0.15) is 6.54 Å². The maximum Gasteiger partial charge on any atom is 0.243 e. The Balaban J connectivity index is 2.84. The third-order valence-corrected chi connectivity index (χ3v) is 4.67. The number of rotatable bonds is 4. The molecule has 1 aliphatic rings. The molecular weight excluding hydrogens is 264 g/mol. The first-order valence-corrected chi connectivity index (χ1v) is 7.75. The van der Waals surface area contributed by atoms with E-state index in [1.165, 1.54) is 0 Å². The Labute approximate surface area is 129 Å². The van der Waals surface area contributed by atoms with E-state index in [-0.39, 0.29) is 23.4 Å². The third kappa shape index (κ3) is 3.89. The fraction of sp³-hybridized carbons (Fsp3) is 0.875. The van der Waals surface area contributed by atoms with Crippen LogP contribution in [0.2, 0.25) is 0 Å². The Bertz CT molecular complexity index is 411. The summed E-state index contributed by atoms with van der Waals surface area (Å²) >= 11 is 0. The Morgan fingerprint density at radius 1 is 1.29 bits per heavy atom. The predicted octanol–water partition coefficient (Wildman–Crippen LogP) is 1.80. The lowest BCUT2D eigenvalue weighted by Gasteiger charge is -2.62. The van der Waals surface area contributed by atoms with Crippen LogP contribution in [0.15, 0.2) is 4.99 Å². The summed E-state index contributed by atoms with van der Waals surface area (Å²) in [6.45, 7) is 15.4. The van der Waals surface area contributed by atoms with E-state index in [1.54, 1.807) is 19.0 Å². The summed E-state index contributed by atoms with van der Waals surface area (Å²) in [6.07, 6.45) is 0. The zero-order valence-corrected chi connectivity index (χ0v) is 14.9. The normalized spacial score (nSPS) is 20.2. The van der Waals surface area contributed by atoms with Crippen molar-refractivity contribution in [2.24, 2.45) is 16.3 Å². The number of guanidine groups is 1. The average molecular weight is 296 g/mol. The van der Waals surface area contributed by atoms with Crippen molar-refractivity contribution in [1.82, 2.24) is 15.1 Å². The number of aliphatic imine (C=N–C) groups is 1. The van der Waals surface area contributed by atoms with Gasteiger partial charge < -0.3 is 15.1 Å². The molecule has 0 aliphatic carbocycles. The molecule has 0 aromatic rings. The highest BCUT2D eigenvalue weighted by atomic mass is 16.2. The Hall–Kier alpha value is -1.26. The molecule has 1 heterocycles. The lowest BCUT2D eigenvalue weighted by Crippen LogP contribution is -2.72. The summed E-state index contributed by atoms with van der Waals surface area (Å²) in [5.74, 6) is 1.41. The second kappa shape index (κ2) is 6.24. The largest absolute Gasteiger partial charge is 0.356 e. The quantitative estimate of drug-likeness (QED) is 0.635. The van der Waals surface area contributed by atoms with Gasteiger partial charge in [0, 0.05) is 38.1 Å². The maximum atomic E-state index is 11.8. The molecular formula is C16H32N4O. The van der Waals surface area contributed by atoms with Gasteiger partial charge in [0.25, 0.3) is 0 Å². The lowest BCUT2D eigenvalue weighted by molar-refractivity contribution is -0.127. The van der Waals surface area contributed by atoms with E-state index in [0.717, 1.165) is 19.0 Å². The second-order valence-corrected chi connectivity index (χ2v) is 7.73. The highest BCUT2D eigenvalue weighted by Crippen LogP contribution is 2.46. The third-order valence-electron chi connectivity index (χ3n) is 4.67. The van der Waals surface area contributed by atoms with Crippen LogP contribution in [-0.4, -0.2) is 60.9 Å². The predicted molar refractivity (Wildman–Crippen MR) is 88.4 cm³/mol. The summed E-state index contributed by atoms with van der Waals surface area (Å²) < 4.78 is 0. The number of hydrogen-bond donors (Lipinski definition) is 1. The van der Waals surface area contributed by atoms with Crippen molar-refractivity contribution < 1.29 is 4.79 Å². The molecule has 1 fully saturated rings. The molecule has 0 unspecified atom stereocenters. The molecule has 21 heavy (non-hydrogen) atoms. The molecule has 0 aromatic heterocycles. The molecule has 0 radical (unpaired) electrons. The number of likely N-dealkylation sites (tertiary alicyclic amines) is 1. The SMILES string of the molecule is CC(C)CNC(=NCC(=O)N(C)C)N1CC(C)(C)C1(C)C. The first kappa shape index (κ1) is 17.8. The molecule has 1 saturated heterocycles. The molecule has 122 valence electrons. The van der Waals surface area contributed by atoms with Crippen molar-refractivity contribution in [2.75, 3.05) is 33.7 Å². The number of carbonyl (C=O) groups excluding carboxylic acids is 1. The fourth-order valence-corrected chi connectivity index (χ4v) is 2.22. The summed E-state index contributed by atoms with van der Waals surface area (Å²) in [6, 6.07) is 0.